The fourth-order valence-corrected chi connectivity index (χ4v) is 2.34. The van der Waals surface area contributed by atoms with Crippen molar-refractivity contribution in [1.29, 1.82) is 0 Å². The van der Waals surface area contributed by atoms with Crippen LogP contribution in [0.1, 0.15) is 33.1 Å². The number of alkyl halides is 2. The van der Waals surface area contributed by atoms with Gasteiger partial charge in [-0.2, -0.15) is 0 Å². The molecule has 3 nitrogen and oxygen atoms in total. The molecule has 0 saturated carbocycles. The molecule has 122 valence electrons. The summed E-state index contributed by atoms with van der Waals surface area (Å²) in [5.41, 5.74) is 1.02. The van der Waals surface area contributed by atoms with Crippen LogP contribution < -0.4 is 0 Å². The Morgan fingerprint density at radius 3 is 2.76 bits per heavy atom. The standard InChI is InChI=1S/C16H26F2O3/c1-12-10-13(2)15(19)14(20-3)6-8-16(17,18)7-4-5-9-21-11-12/h6,8,10,13-15,19H,4-5,7,9,11H2,1-3H3. The zero-order valence-corrected chi connectivity index (χ0v) is 13.0. The summed E-state index contributed by atoms with van der Waals surface area (Å²) in [5.74, 6) is -3.09. The first-order valence-electron chi connectivity index (χ1n) is 7.39. The topological polar surface area (TPSA) is 38.7 Å². The van der Waals surface area contributed by atoms with Crippen LogP contribution in [-0.4, -0.2) is 43.6 Å². The Labute approximate surface area is 125 Å². The molecular formula is C16H26F2O3. The van der Waals surface area contributed by atoms with Crippen molar-refractivity contribution in [3.05, 3.63) is 23.8 Å². The molecule has 0 saturated heterocycles. The largest absolute Gasteiger partial charge is 0.389 e. The van der Waals surface area contributed by atoms with Crippen LogP contribution in [0, 0.1) is 5.92 Å². The maximum absolute atomic E-state index is 13.7. The molecule has 3 unspecified atom stereocenters. The molecule has 0 radical (unpaired) electrons. The molecule has 0 bridgehead atoms. The number of hydrogen-bond acceptors (Lipinski definition) is 3. The lowest BCUT2D eigenvalue weighted by Crippen LogP contribution is -2.32. The molecule has 0 aliphatic carbocycles. The summed E-state index contributed by atoms with van der Waals surface area (Å²) in [6.45, 7) is 4.70. The molecule has 0 aromatic heterocycles. The van der Waals surface area contributed by atoms with Gasteiger partial charge in [-0.05, 0) is 25.8 Å². The number of rotatable bonds is 1. The monoisotopic (exact) mass is 304 g/mol. The van der Waals surface area contributed by atoms with E-state index in [0.717, 1.165) is 11.6 Å². The third-order valence-electron chi connectivity index (χ3n) is 3.60. The van der Waals surface area contributed by atoms with Crippen LogP contribution in [0.5, 0.6) is 0 Å². The van der Waals surface area contributed by atoms with Crippen molar-refractivity contribution >= 4 is 0 Å². The summed E-state index contributed by atoms with van der Waals surface area (Å²) in [5, 5.41) is 10.2. The Kier molecular flexibility index (Phi) is 7.49. The molecule has 0 amide bonds. The number of aliphatic hydroxyl groups excluding tert-OH is 1. The van der Waals surface area contributed by atoms with Gasteiger partial charge in [0.25, 0.3) is 5.92 Å². The van der Waals surface area contributed by atoms with Gasteiger partial charge in [0.05, 0.1) is 12.7 Å². The Hall–Kier alpha value is -0.780. The summed E-state index contributed by atoms with van der Waals surface area (Å²) in [6, 6.07) is 0. The summed E-state index contributed by atoms with van der Waals surface area (Å²) >= 11 is 0. The van der Waals surface area contributed by atoms with Gasteiger partial charge in [0.2, 0.25) is 0 Å². The van der Waals surface area contributed by atoms with E-state index in [1.807, 2.05) is 19.9 Å². The van der Waals surface area contributed by atoms with Crippen molar-refractivity contribution in [2.75, 3.05) is 20.3 Å². The van der Waals surface area contributed by atoms with Crippen molar-refractivity contribution in [3.63, 3.8) is 0 Å². The van der Waals surface area contributed by atoms with Gasteiger partial charge < -0.3 is 14.6 Å². The van der Waals surface area contributed by atoms with E-state index in [0.29, 0.717) is 26.1 Å². The Balaban J connectivity index is 2.89. The second kappa shape index (κ2) is 8.61. The maximum Gasteiger partial charge on any atom is 0.266 e. The van der Waals surface area contributed by atoms with Gasteiger partial charge in [0.15, 0.2) is 0 Å². The first-order chi connectivity index (χ1) is 9.85. The van der Waals surface area contributed by atoms with E-state index in [-0.39, 0.29) is 12.3 Å². The molecule has 5 heteroatoms. The summed E-state index contributed by atoms with van der Waals surface area (Å²) in [4.78, 5) is 0. The lowest BCUT2D eigenvalue weighted by atomic mass is 9.96. The zero-order valence-electron chi connectivity index (χ0n) is 13.0. The predicted molar refractivity (Wildman–Crippen MR) is 78.5 cm³/mol. The number of aliphatic hydroxyl groups is 1. The number of ether oxygens (including phenoxy) is 2. The van der Waals surface area contributed by atoms with Crippen LogP contribution in [-0.2, 0) is 9.47 Å². The molecule has 1 rings (SSSR count). The van der Waals surface area contributed by atoms with Crippen molar-refractivity contribution in [1.82, 2.24) is 0 Å². The van der Waals surface area contributed by atoms with Gasteiger partial charge >= 0.3 is 0 Å². The molecule has 1 aliphatic rings. The molecule has 21 heavy (non-hydrogen) atoms. The molecule has 1 N–H and O–H groups in total. The van der Waals surface area contributed by atoms with Crippen molar-refractivity contribution in [2.24, 2.45) is 5.92 Å². The highest BCUT2D eigenvalue weighted by molar-refractivity contribution is 5.07. The smallest absolute Gasteiger partial charge is 0.266 e. The van der Waals surface area contributed by atoms with Gasteiger partial charge in [0, 0.05) is 26.1 Å². The Morgan fingerprint density at radius 1 is 1.38 bits per heavy atom. The van der Waals surface area contributed by atoms with E-state index in [1.165, 1.54) is 13.2 Å². The minimum Gasteiger partial charge on any atom is -0.389 e. The van der Waals surface area contributed by atoms with Crippen LogP contribution in [0.4, 0.5) is 8.78 Å². The first kappa shape index (κ1) is 18.3. The number of hydrogen-bond donors (Lipinski definition) is 1. The summed E-state index contributed by atoms with van der Waals surface area (Å²) < 4.78 is 38.0. The quantitative estimate of drug-likeness (QED) is 0.755. The van der Waals surface area contributed by atoms with Gasteiger partial charge in [0.1, 0.15) is 6.10 Å². The third-order valence-corrected chi connectivity index (χ3v) is 3.60. The Bertz CT molecular complexity index is 367. The van der Waals surface area contributed by atoms with E-state index in [2.05, 4.69) is 0 Å². The van der Waals surface area contributed by atoms with Crippen LogP contribution in [0.2, 0.25) is 0 Å². The Morgan fingerprint density at radius 2 is 2.10 bits per heavy atom. The first-order valence-corrected chi connectivity index (χ1v) is 7.39. The van der Waals surface area contributed by atoms with Crippen molar-refractivity contribution < 1.29 is 23.4 Å². The summed E-state index contributed by atoms with van der Waals surface area (Å²) in [7, 11) is 1.41. The van der Waals surface area contributed by atoms with Gasteiger partial charge in [-0.3, -0.25) is 0 Å². The second-order valence-electron chi connectivity index (χ2n) is 5.69. The highest BCUT2D eigenvalue weighted by Crippen LogP contribution is 2.25. The summed E-state index contributed by atoms with van der Waals surface area (Å²) in [6.07, 6.45) is 3.18. The van der Waals surface area contributed by atoms with E-state index in [1.54, 1.807) is 0 Å². The molecule has 1 heterocycles. The lowest BCUT2D eigenvalue weighted by molar-refractivity contribution is -0.00573. The van der Waals surface area contributed by atoms with Gasteiger partial charge in [-0.15, -0.1) is 0 Å². The lowest BCUT2D eigenvalue weighted by Gasteiger charge is -2.24. The highest BCUT2D eigenvalue weighted by Gasteiger charge is 2.27. The number of methoxy groups -OCH3 is 1. The van der Waals surface area contributed by atoms with E-state index in [9.17, 15) is 13.9 Å². The maximum atomic E-state index is 13.7. The molecular weight excluding hydrogens is 278 g/mol. The van der Waals surface area contributed by atoms with Crippen molar-refractivity contribution in [3.8, 4) is 0 Å². The van der Waals surface area contributed by atoms with E-state index < -0.39 is 18.1 Å². The minimum absolute atomic E-state index is 0.209. The SMILES string of the molecule is COC1C=CC(F)(F)CCCCOCC(C)=CC(C)C1O. The fraction of sp³-hybridized carbons (Fsp3) is 0.750. The molecule has 0 spiro atoms. The average molecular weight is 304 g/mol. The van der Waals surface area contributed by atoms with Gasteiger partial charge in [-0.25, -0.2) is 8.78 Å². The average Bonchev–Trinajstić information content (AvgIpc) is 2.42. The fourth-order valence-electron chi connectivity index (χ4n) is 2.34. The predicted octanol–water partition coefficient (Wildman–Crippen LogP) is 3.34. The molecule has 0 aromatic rings. The number of halogens is 2. The zero-order chi connectivity index (χ0) is 15.9. The van der Waals surface area contributed by atoms with Gasteiger partial charge in [-0.1, -0.05) is 24.6 Å². The van der Waals surface area contributed by atoms with E-state index in [4.69, 9.17) is 9.47 Å². The van der Waals surface area contributed by atoms with Crippen LogP contribution in [0.3, 0.4) is 0 Å². The normalized spacial score (nSPS) is 32.3. The van der Waals surface area contributed by atoms with Crippen LogP contribution in [0.25, 0.3) is 0 Å². The molecule has 3 atom stereocenters. The molecule has 0 fully saturated rings. The van der Waals surface area contributed by atoms with Crippen LogP contribution >= 0.6 is 0 Å². The van der Waals surface area contributed by atoms with Crippen LogP contribution in [0.15, 0.2) is 23.8 Å². The highest BCUT2D eigenvalue weighted by atomic mass is 19.3. The minimum atomic E-state index is -2.88. The van der Waals surface area contributed by atoms with E-state index >= 15 is 0 Å². The second-order valence-corrected chi connectivity index (χ2v) is 5.69. The van der Waals surface area contributed by atoms with Crippen molar-refractivity contribution in [2.45, 2.75) is 51.2 Å². The third kappa shape index (κ3) is 6.68. The number of allylic oxidation sites excluding steroid dienone is 1. The molecule has 1 aliphatic heterocycles. The molecule has 0 aromatic carbocycles.